The molecule has 0 saturated carbocycles. The van der Waals surface area contributed by atoms with Crippen LogP contribution in [0.25, 0.3) is 0 Å². The van der Waals surface area contributed by atoms with E-state index in [4.69, 9.17) is 0 Å². The van der Waals surface area contributed by atoms with Gasteiger partial charge in [-0.05, 0) is 25.8 Å². The van der Waals surface area contributed by atoms with E-state index in [0.717, 1.165) is 6.21 Å². The zero-order valence-electron chi connectivity index (χ0n) is 21.0. The van der Waals surface area contributed by atoms with Gasteiger partial charge in [-0.15, -0.1) is 11.8 Å². The Labute approximate surface area is 227 Å². The number of hydrogen-bond donors (Lipinski definition) is 6. The Morgan fingerprint density at radius 2 is 1.87 bits per heavy atom. The van der Waals surface area contributed by atoms with E-state index in [9.17, 15) is 39.3 Å². The van der Waals surface area contributed by atoms with Gasteiger partial charge in [0.15, 0.2) is 5.76 Å². The molecular weight excluding hydrogens is 530 g/mol. The fraction of sp³-hybridized carbons (Fsp3) is 0.360. The Morgan fingerprint density at radius 1 is 1.18 bits per heavy atom. The van der Waals surface area contributed by atoms with E-state index in [0.29, 0.717) is 12.0 Å². The second kappa shape index (κ2) is 10.8. The molecule has 13 nitrogen and oxygen atoms in total. The first-order valence-corrected chi connectivity index (χ1v) is 12.8. The van der Waals surface area contributed by atoms with Crippen LogP contribution in [0, 0.1) is 0 Å². The van der Waals surface area contributed by atoms with Gasteiger partial charge >= 0.3 is 5.97 Å². The molecule has 0 bridgehead atoms. The van der Waals surface area contributed by atoms with Gasteiger partial charge in [0.2, 0.25) is 11.8 Å². The second-order valence-corrected chi connectivity index (χ2v) is 11.4. The van der Waals surface area contributed by atoms with E-state index in [-0.39, 0.29) is 17.8 Å². The van der Waals surface area contributed by atoms with Gasteiger partial charge in [-0.3, -0.25) is 19.2 Å². The van der Waals surface area contributed by atoms with E-state index >= 15 is 0 Å². The molecule has 0 radical (unpaired) electrons. The van der Waals surface area contributed by atoms with Crippen LogP contribution >= 0.6 is 11.8 Å². The molecule has 206 valence electrons. The summed E-state index contributed by atoms with van der Waals surface area (Å²) in [5.41, 5.74) is 2.30. The number of carbonyl (C=O) groups is 5. The molecule has 6 N–H and O–H groups in total. The number of allylic oxidation sites excluding steroid dienone is 2. The summed E-state index contributed by atoms with van der Waals surface area (Å²) < 4.78 is -0.765. The molecule has 4 amide bonds. The number of fused-ring (bicyclic) bond motifs is 1. The van der Waals surface area contributed by atoms with Crippen molar-refractivity contribution in [3.8, 4) is 0 Å². The number of amides is 4. The highest BCUT2D eigenvalue weighted by molar-refractivity contribution is 8.01. The Morgan fingerprint density at radius 3 is 2.54 bits per heavy atom. The Hall–Kier alpha value is -4.33. The second-order valence-electron chi connectivity index (χ2n) is 9.59. The molecule has 0 spiro atoms. The molecule has 2 aliphatic heterocycles. The summed E-state index contributed by atoms with van der Waals surface area (Å²) in [6.07, 6.45) is 2.68. The fourth-order valence-electron chi connectivity index (χ4n) is 4.64. The smallest absolute Gasteiger partial charge is 0.327 e. The number of carboxylic acids is 1. The summed E-state index contributed by atoms with van der Waals surface area (Å²) >= 11 is 1.27. The Balaban J connectivity index is 1.42. The normalized spacial score (nSPS) is 24.4. The third-order valence-electron chi connectivity index (χ3n) is 6.50. The number of β-lactam (4-membered cyclic amide) rings is 1. The van der Waals surface area contributed by atoms with E-state index in [1.807, 2.05) is 0 Å². The molecule has 14 heteroatoms. The monoisotopic (exact) mass is 557 g/mol. The van der Waals surface area contributed by atoms with Gasteiger partial charge in [0.1, 0.15) is 35.5 Å². The van der Waals surface area contributed by atoms with Gasteiger partial charge < -0.3 is 30.9 Å². The summed E-state index contributed by atoms with van der Waals surface area (Å²) in [6.45, 7) is 3.44. The Bertz CT molecular complexity index is 1310. The molecule has 3 aliphatic rings. The van der Waals surface area contributed by atoms with Crippen LogP contribution in [0.15, 0.2) is 58.6 Å². The fourth-order valence-corrected chi connectivity index (χ4v) is 6.27. The topological polar surface area (TPSA) is 198 Å². The number of hydrazone groups is 1. The van der Waals surface area contributed by atoms with Crippen molar-refractivity contribution in [2.45, 2.75) is 54.9 Å². The van der Waals surface area contributed by atoms with Crippen molar-refractivity contribution in [3.05, 3.63) is 59.1 Å². The maximum atomic E-state index is 13.2. The first kappa shape index (κ1) is 27.7. The highest BCUT2D eigenvalue weighted by atomic mass is 32.2. The van der Waals surface area contributed by atoms with E-state index in [1.165, 1.54) is 22.7 Å². The molecule has 1 aromatic rings. The summed E-state index contributed by atoms with van der Waals surface area (Å²) in [4.78, 5) is 63.8. The van der Waals surface area contributed by atoms with Crippen LogP contribution in [0.3, 0.4) is 0 Å². The third kappa shape index (κ3) is 5.46. The Kier molecular flexibility index (Phi) is 7.67. The maximum absolute atomic E-state index is 13.2. The summed E-state index contributed by atoms with van der Waals surface area (Å²) in [5.74, 6) is -4.93. The number of aliphatic hydroxyl groups excluding tert-OH is 2. The van der Waals surface area contributed by atoms with E-state index in [2.05, 4.69) is 21.2 Å². The average Bonchev–Trinajstić information content (AvgIpc) is 3.15. The molecule has 4 unspecified atom stereocenters. The molecule has 4 rings (SSSR count). The number of rotatable bonds is 8. The van der Waals surface area contributed by atoms with Crippen LogP contribution in [0.4, 0.5) is 0 Å². The SMILES string of the molecule is CC1(C)SC2C(NC(=O)C(NC(=O)/C=N/NC(=O)C3=CCCC(O)=C3O)c3ccccc3)C(=O)N2C1C(=O)O. The average molecular weight is 558 g/mol. The van der Waals surface area contributed by atoms with Gasteiger partial charge in [0.25, 0.3) is 11.8 Å². The highest BCUT2D eigenvalue weighted by Crippen LogP contribution is 2.50. The van der Waals surface area contributed by atoms with Crippen LogP contribution in [0.5, 0.6) is 0 Å². The largest absolute Gasteiger partial charge is 0.508 e. The number of aliphatic hydroxyl groups is 2. The summed E-state index contributed by atoms with van der Waals surface area (Å²) in [7, 11) is 0. The predicted molar refractivity (Wildman–Crippen MR) is 139 cm³/mol. The van der Waals surface area contributed by atoms with Gasteiger partial charge in [-0.25, -0.2) is 10.2 Å². The third-order valence-corrected chi connectivity index (χ3v) is 8.08. The van der Waals surface area contributed by atoms with Gasteiger partial charge in [-0.1, -0.05) is 36.4 Å². The van der Waals surface area contributed by atoms with Gasteiger partial charge in [0.05, 0.1) is 5.57 Å². The van der Waals surface area contributed by atoms with Crippen molar-refractivity contribution >= 4 is 47.6 Å². The lowest BCUT2D eigenvalue weighted by atomic mass is 9.95. The number of hydrogen-bond acceptors (Lipinski definition) is 9. The minimum Gasteiger partial charge on any atom is -0.508 e. The zero-order valence-corrected chi connectivity index (χ0v) is 21.8. The molecule has 2 fully saturated rings. The molecule has 1 aliphatic carbocycles. The van der Waals surface area contributed by atoms with Crippen molar-refractivity contribution in [1.29, 1.82) is 0 Å². The van der Waals surface area contributed by atoms with Crippen molar-refractivity contribution in [2.75, 3.05) is 0 Å². The maximum Gasteiger partial charge on any atom is 0.327 e. The summed E-state index contributed by atoms with van der Waals surface area (Å²) in [5, 5.41) is 37.1. The predicted octanol–water partition coefficient (Wildman–Crippen LogP) is 0.625. The number of aliphatic carboxylic acids is 1. The van der Waals surface area contributed by atoms with Crippen LogP contribution in [0.2, 0.25) is 0 Å². The van der Waals surface area contributed by atoms with E-state index in [1.54, 1.807) is 44.2 Å². The van der Waals surface area contributed by atoms with Crippen molar-refractivity contribution < 1.29 is 39.3 Å². The van der Waals surface area contributed by atoms with E-state index < -0.39 is 63.6 Å². The first-order chi connectivity index (χ1) is 18.4. The lowest BCUT2D eigenvalue weighted by Gasteiger charge is -2.44. The van der Waals surface area contributed by atoms with Crippen molar-refractivity contribution in [2.24, 2.45) is 5.10 Å². The molecular formula is C25H27N5O8S. The van der Waals surface area contributed by atoms with Crippen LogP contribution in [-0.2, 0) is 24.0 Å². The first-order valence-electron chi connectivity index (χ1n) is 12.0. The molecule has 2 saturated heterocycles. The molecule has 39 heavy (non-hydrogen) atoms. The van der Waals surface area contributed by atoms with Crippen LogP contribution in [-0.4, -0.2) is 78.2 Å². The molecule has 0 aromatic heterocycles. The van der Waals surface area contributed by atoms with Crippen molar-refractivity contribution in [1.82, 2.24) is 21.0 Å². The van der Waals surface area contributed by atoms with Gasteiger partial charge in [-0.2, -0.15) is 5.10 Å². The number of carbonyl (C=O) groups excluding carboxylic acids is 4. The van der Waals surface area contributed by atoms with Crippen molar-refractivity contribution in [3.63, 3.8) is 0 Å². The molecule has 2 heterocycles. The highest BCUT2D eigenvalue weighted by Gasteiger charge is 2.64. The number of thioether (sulfide) groups is 1. The molecule has 4 atom stereocenters. The number of carboxylic acid groups (broad SMARTS) is 1. The standard InChI is InChI=1S/C25H27N5O8S/c1-25(2)19(24(37)38)30-22(36)17(23(30)39-25)28-21(35)16(12-7-4-3-5-8-12)27-15(32)11-26-29-20(34)13-9-6-10-14(31)18(13)33/h3-5,7-9,11,16-17,19,23,31,33H,6,10H2,1-2H3,(H,27,32)(H,28,35)(H,29,34)(H,37,38)/b26-11+. The lowest BCUT2D eigenvalue weighted by molar-refractivity contribution is -0.161. The number of benzene rings is 1. The lowest BCUT2D eigenvalue weighted by Crippen LogP contribution is -2.71. The van der Waals surface area contributed by atoms with Crippen LogP contribution < -0.4 is 16.1 Å². The van der Waals surface area contributed by atoms with Crippen LogP contribution in [0.1, 0.15) is 38.3 Å². The minimum atomic E-state index is -1.23. The summed E-state index contributed by atoms with van der Waals surface area (Å²) in [6, 6.07) is 5.00. The van der Waals surface area contributed by atoms with Gasteiger partial charge in [0, 0.05) is 11.2 Å². The number of nitrogens with one attached hydrogen (secondary N) is 3. The minimum absolute atomic E-state index is 0.185. The number of nitrogens with zero attached hydrogens (tertiary/aromatic N) is 2. The molecule has 1 aromatic carbocycles. The zero-order chi connectivity index (χ0) is 28.5. The quantitative estimate of drug-likeness (QED) is 0.151.